The second-order valence-corrected chi connectivity index (χ2v) is 11.6. The van der Waals surface area contributed by atoms with E-state index >= 15 is 0 Å². The fraction of sp³-hybridized carbons (Fsp3) is 0.286. The van der Waals surface area contributed by atoms with E-state index in [-0.39, 0.29) is 24.7 Å². The van der Waals surface area contributed by atoms with E-state index in [2.05, 4.69) is 10.3 Å². The van der Waals surface area contributed by atoms with Gasteiger partial charge in [0.2, 0.25) is 0 Å². The summed E-state index contributed by atoms with van der Waals surface area (Å²) in [6, 6.07) is 29.7. The molecule has 9 heteroatoms. The third kappa shape index (κ3) is 8.33. The summed E-state index contributed by atoms with van der Waals surface area (Å²) in [4.78, 5) is 28.0. The van der Waals surface area contributed by atoms with Crippen molar-refractivity contribution in [3.8, 4) is 11.1 Å². The monoisotopic (exact) mass is 612 g/mol. The van der Waals surface area contributed by atoms with E-state index in [1.165, 1.54) is 6.92 Å². The lowest BCUT2D eigenvalue weighted by molar-refractivity contribution is -0.245. The lowest BCUT2D eigenvalue weighted by Crippen LogP contribution is -2.35. The van der Waals surface area contributed by atoms with Crippen LogP contribution in [0.3, 0.4) is 0 Å². The van der Waals surface area contributed by atoms with E-state index in [1.54, 1.807) is 24.9 Å². The van der Waals surface area contributed by atoms with E-state index in [0.717, 1.165) is 44.2 Å². The number of pyridine rings is 1. The van der Waals surface area contributed by atoms with Crippen LogP contribution in [-0.2, 0) is 37.0 Å². The van der Waals surface area contributed by atoms with E-state index < -0.39 is 18.4 Å². The number of ether oxygens (including phenoxy) is 3. The zero-order chi connectivity index (χ0) is 30.9. The third-order valence-corrected chi connectivity index (χ3v) is 8.42. The van der Waals surface area contributed by atoms with Crippen LogP contribution in [-0.4, -0.2) is 39.9 Å². The maximum absolute atomic E-state index is 12.4. The van der Waals surface area contributed by atoms with E-state index in [4.69, 9.17) is 14.2 Å². The standard InChI is InChI=1S/C35H36N2O6S/c1-23(41-24(2)39)34(40)37-20-29-7-3-4-8-31(29)26-14-16-28(17-15-26)35-42-30(22-44-33-9-5-6-18-36-33)19-32(43-35)27-12-10-25(21-38)11-13-27/h3-18,23,30,32,35,38H,19-22H2,1-2H3,(H,37,40)/t23-,30+,32-,35-/m0/s1. The van der Waals surface area contributed by atoms with Crippen LogP contribution in [0.2, 0.25) is 0 Å². The van der Waals surface area contributed by atoms with E-state index in [9.17, 15) is 14.7 Å². The number of aliphatic hydroxyl groups excluding tert-OH is 1. The normalized spacial score (nSPS) is 18.8. The average Bonchev–Trinajstić information content (AvgIpc) is 3.06. The van der Waals surface area contributed by atoms with Crippen LogP contribution in [0, 0.1) is 0 Å². The highest BCUT2D eigenvalue weighted by atomic mass is 32.2. The van der Waals surface area contributed by atoms with Crippen LogP contribution in [0.25, 0.3) is 11.1 Å². The van der Waals surface area contributed by atoms with Crippen molar-refractivity contribution in [2.75, 3.05) is 5.75 Å². The van der Waals surface area contributed by atoms with Gasteiger partial charge in [0.25, 0.3) is 5.91 Å². The number of nitrogens with one attached hydrogen (secondary N) is 1. The Balaban J connectivity index is 1.31. The van der Waals surface area contributed by atoms with Gasteiger partial charge in [-0.3, -0.25) is 9.59 Å². The summed E-state index contributed by atoms with van der Waals surface area (Å²) < 4.78 is 18.0. The Kier molecular flexibility index (Phi) is 10.8. The maximum atomic E-state index is 12.4. The Bertz CT molecular complexity index is 1530. The van der Waals surface area contributed by atoms with Crippen LogP contribution < -0.4 is 5.32 Å². The number of carbonyl (C=O) groups excluding carboxylic acids is 2. The molecule has 0 unspecified atom stereocenters. The van der Waals surface area contributed by atoms with Crippen molar-refractivity contribution in [1.29, 1.82) is 0 Å². The molecule has 8 nitrogen and oxygen atoms in total. The molecule has 2 N–H and O–H groups in total. The molecule has 0 spiro atoms. The number of thioether (sulfide) groups is 1. The van der Waals surface area contributed by atoms with Gasteiger partial charge in [0.15, 0.2) is 12.4 Å². The molecule has 0 bridgehead atoms. The van der Waals surface area contributed by atoms with Crippen molar-refractivity contribution in [3.63, 3.8) is 0 Å². The minimum atomic E-state index is -0.864. The lowest BCUT2D eigenvalue weighted by Gasteiger charge is -2.36. The topological polar surface area (TPSA) is 107 Å². The fourth-order valence-corrected chi connectivity index (χ4v) is 5.92. The molecule has 1 aliphatic heterocycles. The van der Waals surface area contributed by atoms with Gasteiger partial charge < -0.3 is 24.6 Å². The number of hydrogen-bond acceptors (Lipinski definition) is 8. The predicted octanol–water partition coefficient (Wildman–Crippen LogP) is 6.15. The summed E-state index contributed by atoms with van der Waals surface area (Å²) >= 11 is 1.66. The number of rotatable bonds is 11. The molecule has 0 saturated carbocycles. The first-order valence-corrected chi connectivity index (χ1v) is 15.6. The molecule has 3 aromatic carbocycles. The number of carbonyl (C=O) groups is 2. The molecule has 1 amide bonds. The highest BCUT2D eigenvalue weighted by molar-refractivity contribution is 7.99. The Morgan fingerprint density at radius 1 is 0.977 bits per heavy atom. The largest absolute Gasteiger partial charge is 0.453 e. The number of aliphatic hydroxyl groups is 1. The molecule has 4 atom stereocenters. The third-order valence-electron chi connectivity index (χ3n) is 7.35. The molecular formula is C35H36N2O6S. The summed E-state index contributed by atoms with van der Waals surface area (Å²) in [6.45, 7) is 3.12. The molecule has 1 saturated heterocycles. The number of nitrogens with zero attached hydrogens (tertiary/aromatic N) is 1. The summed E-state index contributed by atoms with van der Waals surface area (Å²) in [5, 5.41) is 13.3. The second-order valence-electron chi connectivity index (χ2n) is 10.6. The van der Waals surface area contributed by atoms with E-state index in [0.29, 0.717) is 13.0 Å². The quantitative estimate of drug-likeness (QED) is 0.154. The Morgan fingerprint density at radius 2 is 1.70 bits per heavy atom. The van der Waals surface area contributed by atoms with Gasteiger partial charge in [0, 0.05) is 37.4 Å². The number of esters is 1. The average molecular weight is 613 g/mol. The predicted molar refractivity (Wildman–Crippen MR) is 168 cm³/mol. The van der Waals surface area contributed by atoms with Crippen molar-refractivity contribution in [2.45, 2.75) is 63.0 Å². The Hall–Kier alpha value is -4.02. The maximum Gasteiger partial charge on any atom is 0.303 e. The fourth-order valence-electron chi connectivity index (χ4n) is 5.04. The lowest BCUT2D eigenvalue weighted by atomic mass is 9.97. The minimum Gasteiger partial charge on any atom is -0.453 e. The zero-order valence-electron chi connectivity index (χ0n) is 24.7. The van der Waals surface area contributed by atoms with Crippen LogP contribution in [0.15, 0.2) is 102 Å². The first-order chi connectivity index (χ1) is 21.4. The molecule has 228 valence electrons. The van der Waals surface area contributed by atoms with Gasteiger partial charge in [-0.05, 0) is 46.9 Å². The molecule has 1 fully saturated rings. The Morgan fingerprint density at radius 3 is 2.41 bits per heavy atom. The van der Waals surface area contributed by atoms with Gasteiger partial charge in [0.05, 0.1) is 23.8 Å². The van der Waals surface area contributed by atoms with Gasteiger partial charge in [0.1, 0.15) is 0 Å². The van der Waals surface area contributed by atoms with Crippen molar-refractivity contribution in [2.24, 2.45) is 0 Å². The van der Waals surface area contributed by atoms with Crippen LogP contribution >= 0.6 is 11.8 Å². The second kappa shape index (κ2) is 15.1. The molecular weight excluding hydrogens is 576 g/mol. The number of aromatic nitrogens is 1. The number of hydrogen-bond donors (Lipinski definition) is 2. The van der Waals surface area contributed by atoms with Crippen LogP contribution in [0.4, 0.5) is 0 Å². The molecule has 1 aromatic heterocycles. The summed E-state index contributed by atoms with van der Waals surface area (Å²) in [5.74, 6) is -0.119. The minimum absolute atomic E-state index is 0.00384. The van der Waals surface area contributed by atoms with Crippen molar-refractivity contribution >= 4 is 23.6 Å². The molecule has 1 aliphatic rings. The van der Waals surface area contributed by atoms with Crippen LogP contribution in [0.5, 0.6) is 0 Å². The molecule has 4 aromatic rings. The van der Waals surface area contributed by atoms with Crippen molar-refractivity contribution < 1.29 is 28.9 Å². The molecule has 44 heavy (non-hydrogen) atoms. The number of amides is 1. The summed E-state index contributed by atoms with van der Waals surface area (Å²) in [7, 11) is 0. The molecule has 2 heterocycles. The molecule has 0 radical (unpaired) electrons. The van der Waals surface area contributed by atoms with Crippen LogP contribution in [0.1, 0.15) is 54.9 Å². The number of benzene rings is 3. The van der Waals surface area contributed by atoms with Gasteiger partial charge >= 0.3 is 5.97 Å². The summed E-state index contributed by atoms with van der Waals surface area (Å²) in [5.41, 5.74) is 5.70. The van der Waals surface area contributed by atoms with Crippen molar-refractivity contribution in [3.05, 3.63) is 119 Å². The first-order valence-electron chi connectivity index (χ1n) is 14.6. The smallest absolute Gasteiger partial charge is 0.303 e. The molecule has 0 aliphatic carbocycles. The van der Waals surface area contributed by atoms with E-state index in [1.807, 2.05) is 91.0 Å². The SMILES string of the molecule is CC(=O)O[C@@H](C)C(=O)NCc1ccccc1-c1ccc([C@H]2O[C@@H](CSc3ccccn3)C[C@@H](c3ccc(CO)cc3)O2)cc1. The first kappa shape index (κ1) is 31.4. The summed E-state index contributed by atoms with van der Waals surface area (Å²) in [6.07, 6.45) is 0.820. The highest BCUT2D eigenvalue weighted by Crippen LogP contribution is 2.40. The van der Waals surface area contributed by atoms with Gasteiger partial charge in [-0.25, -0.2) is 4.98 Å². The zero-order valence-corrected chi connectivity index (χ0v) is 25.5. The Labute approximate surface area is 261 Å². The van der Waals surface area contributed by atoms with Gasteiger partial charge in [-0.15, -0.1) is 11.8 Å². The highest BCUT2D eigenvalue weighted by Gasteiger charge is 2.32. The van der Waals surface area contributed by atoms with Crippen molar-refractivity contribution in [1.82, 2.24) is 10.3 Å². The van der Waals surface area contributed by atoms with Gasteiger partial charge in [-0.1, -0.05) is 78.9 Å². The van der Waals surface area contributed by atoms with Gasteiger partial charge in [-0.2, -0.15) is 0 Å². The molecule has 5 rings (SSSR count).